The second-order valence-electron chi connectivity index (χ2n) is 5.87. The molecule has 0 atom stereocenters. The first-order valence-corrected chi connectivity index (χ1v) is 8.66. The Balaban J connectivity index is 2.19. The number of carbonyl (C=O) groups is 1. The third-order valence-corrected chi connectivity index (χ3v) is 4.46. The van der Waals surface area contributed by atoms with Gasteiger partial charge in [0.1, 0.15) is 5.75 Å². The highest BCUT2D eigenvalue weighted by atomic mass is 35.5. The van der Waals surface area contributed by atoms with Crippen LogP contribution in [0.15, 0.2) is 24.4 Å². The first-order chi connectivity index (χ1) is 11.9. The molecule has 1 heterocycles. The van der Waals surface area contributed by atoms with E-state index in [2.05, 4.69) is 18.9 Å². The molecule has 0 amide bonds. The highest BCUT2D eigenvalue weighted by Gasteiger charge is 2.14. The lowest BCUT2D eigenvalue weighted by Crippen LogP contribution is -2.12. The largest absolute Gasteiger partial charge is 0.511 e. The summed E-state index contributed by atoms with van der Waals surface area (Å²) in [5.41, 5.74) is 1.50. The minimum Gasteiger partial charge on any atom is -0.493 e. The van der Waals surface area contributed by atoms with Crippen molar-refractivity contribution in [1.29, 1.82) is 0 Å². The van der Waals surface area contributed by atoms with Crippen molar-refractivity contribution in [3.63, 3.8) is 0 Å². The van der Waals surface area contributed by atoms with Gasteiger partial charge in [-0.1, -0.05) is 38.3 Å². The van der Waals surface area contributed by atoms with Crippen LogP contribution in [0.4, 0.5) is 4.79 Å². The van der Waals surface area contributed by atoms with E-state index in [1.165, 1.54) is 6.20 Å². The molecule has 0 fully saturated rings. The highest BCUT2D eigenvalue weighted by molar-refractivity contribution is 6.30. The molecule has 0 unspecified atom stereocenters. The number of aromatic nitrogens is 2. The molecule has 2 aromatic rings. The van der Waals surface area contributed by atoms with Crippen LogP contribution < -0.4 is 9.47 Å². The van der Waals surface area contributed by atoms with Gasteiger partial charge < -0.3 is 14.6 Å². The minimum absolute atomic E-state index is 0.217. The van der Waals surface area contributed by atoms with Crippen molar-refractivity contribution in [1.82, 2.24) is 9.78 Å². The van der Waals surface area contributed by atoms with Gasteiger partial charge >= 0.3 is 6.16 Å². The fourth-order valence-electron chi connectivity index (χ4n) is 2.49. The summed E-state index contributed by atoms with van der Waals surface area (Å²) in [5, 5.41) is 13.5. The number of rotatable bonds is 8. The van der Waals surface area contributed by atoms with E-state index >= 15 is 0 Å². The third kappa shape index (κ3) is 5.13. The zero-order valence-corrected chi connectivity index (χ0v) is 15.4. The van der Waals surface area contributed by atoms with E-state index in [4.69, 9.17) is 26.2 Å². The molecule has 0 saturated heterocycles. The van der Waals surface area contributed by atoms with Crippen LogP contribution in [0.3, 0.4) is 0 Å². The van der Waals surface area contributed by atoms with Crippen molar-refractivity contribution in [2.45, 2.75) is 40.2 Å². The SMILES string of the molecule is CCC(CC)COc1ccc(Cl)cc1Cn1ncc(OC(=O)O)c1C. The van der Waals surface area contributed by atoms with Crippen LogP contribution in [0.25, 0.3) is 0 Å². The molecule has 0 aliphatic carbocycles. The van der Waals surface area contributed by atoms with Crippen molar-refractivity contribution >= 4 is 17.8 Å². The molecule has 0 bridgehead atoms. The van der Waals surface area contributed by atoms with E-state index in [1.54, 1.807) is 17.7 Å². The van der Waals surface area contributed by atoms with E-state index in [9.17, 15) is 4.79 Å². The normalized spacial score (nSPS) is 10.9. The highest BCUT2D eigenvalue weighted by Crippen LogP contribution is 2.26. The average Bonchev–Trinajstić information content (AvgIpc) is 2.90. The van der Waals surface area contributed by atoms with Gasteiger partial charge in [0.15, 0.2) is 5.75 Å². The second-order valence-corrected chi connectivity index (χ2v) is 6.30. The summed E-state index contributed by atoms with van der Waals surface area (Å²) in [6.45, 7) is 7.11. The number of hydrogen-bond acceptors (Lipinski definition) is 4. The van der Waals surface area contributed by atoms with Crippen LogP contribution in [0.5, 0.6) is 11.5 Å². The predicted molar refractivity (Wildman–Crippen MR) is 95.7 cm³/mol. The molecule has 0 spiro atoms. The topological polar surface area (TPSA) is 73.6 Å². The summed E-state index contributed by atoms with van der Waals surface area (Å²) in [7, 11) is 0. The Labute approximate surface area is 152 Å². The van der Waals surface area contributed by atoms with Crippen LogP contribution in [0.1, 0.15) is 37.9 Å². The van der Waals surface area contributed by atoms with E-state index in [0.29, 0.717) is 29.8 Å². The standard InChI is InChI=1S/C18H23ClN2O4/c1-4-13(5-2)11-24-16-7-6-15(19)8-14(16)10-21-12(3)17(9-20-21)25-18(22)23/h6-9,13H,4-5,10-11H2,1-3H3,(H,22,23). The van der Waals surface area contributed by atoms with Crippen molar-refractivity contribution in [3.05, 3.63) is 40.7 Å². The van der Waals surface area contributed by atoms with Crippen LogP contribution in [-0.4, -0.2) is 27.6 Å². The van der Waals surface area contributed by atoms with Gasteiger partial charge in [0, 0.05) is 10.6 Å². The number of hydrogen-bond donors (Lipinski definition) is 1. The zero-order chi connectivity index (χ0) is 18.4. The van der Waals surface area contributed by atoms with E-state index in [1.807, 2.05) is 12.1 Å². The van der Waals surface area contributed by atoms with Crippen LogP contribution in [-0.2, 0) is 6.54 Å². The van der Waals surface area contributed by atoms with Crippen LogP contribution >= 0.6 is 11.6 Å². The molecule has 0 aliphatic heterocycles. The maximum Gasteiger partial charge on any atom is 0.511 e. The molecule has 7 heteroatoms. The number of ether oxygens (including phenoxy) is 2. The zero-order valence-electron chi connectivity index (χ0n) is 14.7. The lowest BCUT2D eigenvalue weighted by molar-refractivity contribution is 0.144. The summed E-state index contributed by atoms with van der Waals surface area (Å²) < 4.78 is 12.4. The lowest BCUT2D eigenvalue weighted by atomic mass is 10.1. The Morgan fingerprint density at radius 2 is 2.04 bits per heavy atom. The lowest BCUT2D eigenvalue weighted by Gasteiger charge is -2.17. The molecule has 1 N–H and O–H groups in total. The monoisotopic (exact) mass is 366 g/mol. The smallest absolute Gasteiger partial charge is 0.493 e. The molecule has 1 aromatic heterocycles. The van der Waals surface area contributed by atoms with Gasteiger partial charge in [-0.3, -0.25) is 4.68 Å². The Morgan fingerprint density at radius 3 is 2.68 bits per heavy atom. The fourth-order valence-corrected chi connectivity index (χ4v) is 2.68. The Bertz CT molecular complexity index is 726. The minimum atomic E-state index is -1.36. The molecular weight excluding hydrogens is 344 g/mol. The first kappa shape index (κ1) is 19.1. The second kappa shape index (κ2) is 8.76. The first-order valence-electron chi connectivity index (χ1n) is 8.29. The molecule has 1 aromatic carbocycles. The van der Waals surface area contributed by atoms with Crippen LogP contribution in [0, 0.1) is 12.8 Å². The van der Waals surface area contributed by atoms with Gasteiger partial charge in [-0.15, -0.1) is 0 Å². The Kier molecular flexibility index (Phi) is 6.70. The average molecular weight is 367 g/mol. The number of carboxylic acid groups (broad SMARTS) is 1. The molecule has 136 valence electrons. The van der Waals surface area contributed by atoms with Gasteiger partial charge in [-0.2, -0.15) is 5.10 Å². The summed E-state index contributed by atoms with van der Waals surface area (Å²) in [4.78, 5) is 10.7. The summed E-state index contributed by atoms with van der Waals surface area (Å²) in [5.74, 6) is 1.48. The van der Waals surface area contributed by atoms with Gasteiger partial charge in [0.25, 0.3) is 0 Å². The van der Waals surface area contributed by atoms with Crippen LogP contribution in [0.2, 0.25) is 5.02 Å². The molecule has 25 heavy (non-hydrogen) atoms. The van der Waals surface area contributed by atoms with E-state index in [-0.39, 0.29) is 5.75 Å². The molecule has 0 saturated carbocycles. The Hall–Kier alpha value is -2.21. The predicted octanol–water partition coefficient (Wildman–Crippen LogP) is 4.77. The molecule has 2 rings (SSSR count). The van der Waals surface area contributed by atoms with Gasteiger partial charge in [0.05, 0.1) is 25.0 Å². The number of halogens is 1. The maximum atomic E-state index is 10.7. The van der Waals surface area contributed by atoms with Crippen molar-refractivity contribution in [2.75, 3.05) is 6.61 Å². The van der Waals surface area contributed by atoms with Crippen molar-refractivity contribution < 1.29 is 19.4 Å². The van der Waals surface area contributed by atoms with Gasteiger partial charge in [-0.25, -0.2) is 4.79 Å². The number of benzene rings is 1. The third-order valence-electron chi connectivity index (χ3n) is 4.23. The van der Waals surface area contributed by atoms with Crippen molar-refractivity contribution in [2.24, 2.45) is 5.92 Å². The van der Waals surface area contributed by atoms with Gasteiger partial charge in [-0.05, 0) is 31.0 Å². The molecular formula is C18H23ClN2O4. The summed E-state index contributed by atoms with van der Waals surface area (Å²) in [6.07, 6.45) is 2.15. The quantitative estimate of drug-likeness (QED) is 0.681. The molecule has 0 radical (unpaired) electrons. The summed E-state index contributed by atoms with van der Waals surface area (Å²) in [6, 6.07) is 5.48. The van der Waals surface area contributed by atoms with Crippen molar-refractivity contribution in [3.8, 4) is 11.5 Å². The summed E-state index contributed by atoms with van der Waals surface area (Å²) >= 11 is 6.13. The van der Waals surface area contributed by atoms with Gasteiger partial charge in [0.2, 0.25) is 0 Å². The molecule has 0 aliphatic rings. The Morgan fingerprint density at radius 1 is 1.32 bits per heavy atom. The fraction of sp³-hybridized carbons (Fsp3) is 0.444. The maximum absolute atomic E-state index is 10.7. The van der Waals surface area contributed by atoms with E-state index < -0.39 is 6.16 Å². The molecule has 6 nitrogen and oxygen atoms in total. The van der Waals surface area contributed by atoms with E-state index in [0.717, 1.165) is 24.2 Å². The number of nitrogens with zero attached hydrogens (tertiary/aromatic N) is 2.